The third-order valence-corrected chi connectivity index (χ3v) is 4.00. The van der Waals surface area contributed by atoms with E-state index in [1.165, 1.54) is 12.1 Å². The lowest BCUT2D eigenvalue weighted by Crippen LogP contribution is -2.44. The van der Waals surface area contributed by atoms with Gasteiger partial charge in [-0.15, -0.1) is 0 Å². The average molecular weight is 303 g/mol. The Morgan fingerprint density at radius 2 is 2.05 bits per heavy atom. The number of halogens is 1. The van der Waals surface area contributed by atoms with Gasteiger partial charge in [0.2, 0.25) is 0 Å². The largest absolute Gasteiger partial charge is 0.480 e. The molecule has 0 bridgehead atoms. The van der Waals surface area contributed by atoms with Gasteiger partial charge >= 0.3 is 5.97 Å². The van der Waals surface area contributed by atoms with Gasteiger partial charge in [-0.2, -0.15) is 5.10 Å². The van der Waals surface area contributed by atoms with Crippen molar-refractivity contribution in [3.8, 4) is 5.69 Å². The van der Waals surface area contributed by atoms with Crippen LogP contribution in [0.4, 0.5) is 4.39 Å². The number of aliphatic carboxylic acids is 1. The molecule has 0 radical (unpaired) electrons. The molecule has 1 saturated heterocycles. The lowest BCUT2D eigenvalue weighted by molar-refractivity contribution is -0.144. The molecule has 5 nitrogen and oxygen atoms in total. The Balaban J connectivity index is 1.73. The van der Waals surface area contributed by atoms with Crippen molar-refractivity contribution in [2.24, 2.45) is 0 Å². The summed E-state index contributed by atoms with van der Waals surface area (Å²) in [5, 5.41) is 13.8. The molecule has 0 amide bonds. The number of nitrogens with zero attached hydrogens (tertiary/aromatic N) is 3. The molecule has 2 heterocycles. The maximum atomic E-state index is 12.9. The van der Waals surface area contributed by atoms with E-state index in [1.54, 1.807) is 16.8 Å². The van der Waals surface area contributed by atoms with E-state index < -0.39 is 12.0 Å². The zero-order valence-corrected chi connectivity index (χ0v) is 12.2. The van der Waals surface area contributed by atoms with Crippen LogP contribution in [0.3, 0.4) is 0 Å². The molecule has 6 heteroatoms. The Bertz CT molecular complexity index is 654. The van der Waals surface area contributed by atoms with E-state index >= 15 is 0 Å². The molecule has 2 aromatic rings. The van der Waals surface area contributed by atoms with E-state index in [0.717, 1.165) is 30.8 Å². The summed E-state index contributed by atoms with van der Waals surface area (Å²) >= 11 is 0. The highest BCUT2D eigenvalue weighted by atomic mass is 19.1. The molecule has 1 N–H and O–H groups in total. The van der Waals surface area contributed by atoms with Gasteiger partial charge in [0.05, 0.1) is 11.4 Å². The van der Waals surface area contributed by atoms with Crippen molar-refractivity contribution in [1.82, 2.24) is 14.7 Å². The monoisotopic (exact) mass is 303 g/mol. The number of carboxylic acid groups (broad SMARTS) is 1. The van der Waals surface area contributed by atoms with Crippen LogP contribution in [-0.2, 0) is 11.3 Å². The molecule has 0 spiro atoms. The Labute approximate surface area is 128 Å². The fraction of sp³-hybridized carbons (Fsp3) is 0.375. The minimum Gasteiger partial charge on any atom is -0.480 e. The van der Waals surface area contributed by atoms with Crippen molar-refractivity contribution in [3.05, 3.63) is 48.0 Å². The Kier molecular flexibility index (Phi) is 4.20. The fourth-order valence-electron chi connectivity index (χ4n) is 2.85. The van der Waals surface area contributed by atoms with E-state index in [0.29, 0.717) is 13.0 Å². The molecule has 3 rings (SSSR count). The predicted octanol–water partition coefficient (Wildman–Crippen LogP) is 2.45. The van der Waals surface area contributed by atoms with Crippen molar-refractivity contribution in [2.45, 2.75) is 31.8 Å². The molecule has 0 aliphatic carbocycles. The predicted molar refractivity (Wildman–Crippen MR) is 79.2 cm³/mol. The molecule has 0 saturated carbocycles. The second-order valence-electron chi connectivity index (χ2n) is 5.55. The van der Waals surface area contributed by atoms with Gasteiger partial charge in [-0.05, 0) is 49.7 Å². The average Bonchev–Trinajstić information content (AvgIpc) is 2.97. The maximum Gasteiger partial charge on any atom is 0.320 e. The Morgan fingerprint density at radius 3 is 2.77 bits per heavy atom. The highest BCUT2D eigenvalue weighted by Gasteiger charge is 2.28. The van der Waals surface area contributed by atoms with Crippen LogP contribution in [0.25, 0.3) is 5.69 Å². The number of rotatable bonds is 4. The third-order valence-electron chi connectivity index (χ3n) is 4.00. The van der Waals surface area contributed by atoms with Crippen LogP contribution in [0.2, 0.25) is 0 Å². The highest BCUT2D eigenvalue weighted by Crippen LogP contribution is 2.19. The molecule has 116 valence electrons. The first-order valence-electron chi connectivity index (χ1n) is 7.41. The second-order valence-corrected chi connectivity index (χ2v) is 5.55. The quantitative estimate of drug-likeness (QED) is 0.942. The number of carbonyl (C=O) groups is 1. The van der Waals surface area contributed by atoms with Crippen LogP contribution in [0.15, 0.2) is 36.5 Å². The summed E-state index contributed by atoms with van der Waals surface area (Å²) in [6, 6.07) is 7.55. The van der Waals surface area contributed by atoms with Crippen molar-refractivity contribution in [1.29, 1.82) is 0 Å². The first kappa shape index (κ1) is 14.7. The molecule has 1 aliphatic rings. The smallest absolute Gasteiger partial charge is 0.320 e. The fourth-order valence-corrected chi connectivity index (χ4v) is 2.85. The van der Waals surface area contributed by atoms with Gasteiger partial charge in [-0.25, -0.2) is 9.07 Å². The lowest BCUT2D eigenvalue weighted by atomic mass is 10.0. The van der Waals surface area contributed by atoms with Gasteiger partial charge in [0, 0.05) is 12.7 Å². The lowest BCUT2D eigenvalue weighted by Gasteiger charge is -2.32. The maximum absolute atomic E-state index is 12.9. The standard InChI is InChI=1S/C16H18FN3O2/c17-12-4-6-14(7-5-12)20-10-8-13(18-20)11-19-9-2-1-3-15(19)16(21)22/h4-8,10,15H,1-3,9,11H2,(H,21,22). The number of hydrogen-bond donors (Lipinski definition) is 1. The Hall–Kier alpha value is -2.21. The molecule has 22 heavy (non-hydrogen) atoms. The summed E-state index contributed by atoms with van der Waals surface area (Å²) < 4.78 is 14.6. The van der Waals surface area contributed by atoms with Crippen LogP contribution in [0, 0.1) is 5.82 Å². The first-order chi connectivity index (χ1) is 10.6. The van der Waals surface area contributed by atoms with Gasteiger partial charge in [0.25, 0.3) is 0 Å². The molecule has 1 fully saturated rings. The minimum absolute atomic E-state index is 0.284. The van der Waals surface area contributed by atoms with Crippen LogP contribution < -0.4 is 0 Å². The number of piperidine rings is 1. The summed E-state index contributed by atoms with van der Waals surface area (Å²) in [4.78, 5) is 13.3. The normalized spacial score (nSPS) is 19.2. The van der Waals surface area contributed by atoms with Crippen LogP contribution >= 0.6 is 0 Å². The van der Waals surface area contributed by atoms with Gasteiger partial charge in [-0.3, -0.25) is 9.69 Å². The van der Waals surface area contributed by atoms with E-state index in [1.807, 2.05) is 17.2 Å². The summed E-state index contributed by atoms with van der Waals surface area (Å²) in [5.74, 6) is -1.05. The molecule has 1 aromatic heterocycles. The zero-order chi connectivity index (χ0) is 15.5. The second kappa shape index (κ2) is 6.27. The third kappa shape index (κ3) is 3.17. The molecular weight excluding hydrogens is 285 g/mol. The summed E-state index contributed by atoms with van der Waals surface area (Å²) in [7, 11) is 0. The van der Waals surface area contributed by atoms with E-state index in [9.17, 15) is 14.3 Å². The molecular formula is C16H18FN3O2. The molecule has 1 aromatic carbocycles. The SMILES string of the molecule is O=C(O)C1CCCCN1Cc1ccn(-c2ccc(F)cc2)n1. The van der Waals surface area contributed by atoms with E-state index in [-0.39, 0.29) is 5.82 Å². The van der Waals surface area contributed by atoms with Crippen molar-refractivity contribution < 1.29 is 14.3 Å². The summed E-state index contributed by atoms with van der Waals surface area (Å²) in [6.07, 6.45) is 4.47. The number of benzene rings is 1. The van der Waals surface area contributed by atoms with Gasteiger partial charge in [0.1, 0.15) is 11.9 Å². The van der Waals surface area contributed by atoms with Crippen LogP contribution in [-0.4, -0.2) is 38.3 Å². The first-order valence-corrected chi connectivity index (χ1v) is 7.41. The number of aromatic nitrogens is 2. The van der Waals surface area contributed by atoms with Gasteiger partial charge in [0.15, 0.2) is 0 Å². The zero-order valence-electron chi connectivity index (χ0n) is 12.2. The summed E-state index contributed by atoms with van der Waals surface area (Å²) in [5.41, 5.74) is 1.60. The number of carboxylic acids is 1. The molecule has 1 unspecified atom stereocenters. The highest BCUT2D eigenvalue weighted by molar-refractivity contribution is 5.73. The van der Waals surface area contributed by atoms with E-state index in [2.05, 4.69) is 5.10 Å². The van der Waals surface area contributed by atoms with Crippen molar-refractivity contribution in [3.63, 3.8) is 0 Å². The summed E-state index contributed by atoms with van der Waals surface area (Å²) in [6.45, 7) is 1.30. The molecule has 1 aliphatic heterocycles. The van der Waals surface area contributed by atoms with Gasteiger partial charge in [-0.1, -0.05) is 6.42 Å². The van der Waals surface area contributed by atoms with Gasteiger partial charge < -0.3 is 5.11 Å². The minimum atomic E-state index is -0.766. The van der Waals surface area contributed by atoms with Crippen molar-refractivity contribution in [2.75, 3.05) is 6.54 Å². The number of likely N-dealkylation sites (tertiary alicyclic amines) is 1. The van der Waals surface area contributed by atoms with E-state index in [4.69, 9.17) is 0 Å². The van der Waals surface area contributed by atoms with Crippen LogP contribution in [0.5, 0.6) is 0 Å². The number of hydrogen-bond acceptors (Lipinski definition) is 3. The van der Waals surface area contributed by atoms with Crippen molar-refractivity contribution >= 4 is 5.97 Å². The topological polar surface area (TPSA) is 58.4 Å². The van der Waals surface area contributed by atoms with Crippen LogP contribution in [0.1, 0.15) is 25.0 Å². The Morgan fingerprint density at radius 1 is 1.27 bits per heavy atom. The molecule has 1 atom stereocenters.